The highest BCUT2D eigenvalue weighted by Crippen LogP contribution is 2.04. The van der Waals surface area contributed by atoms with Gasteiger partial charge in [0, 0.05) is 32.0 Å². The number of carbonyl (C=O) groups is 1. The molecule has 1 N–H and O–H groups in total. The first-order chi connectivity index (χ1) is 6.65. The molecule has 0 saturated carbocycles. The zero-order valence-electron chi connectivity index (χ0n) is 8.70. The van der Waals surface area contributed by atoms with Crippen LogP contribution in [0.3, 0.4) is 0 Å². The number of hydrogen-bond acceptors (Lipinski definition) is 3. The standard InChI is InChI=1S/C9H15N3O2/c1-7-8(5-11-12(7)2)4-10-9(13)6-14-3/h5H,4,6H2,1-3H3,(H,10,13). The molecular formula is C9H15N3O2. The lowest BCUT2D eigenvalue weighted by Gasteiger charge is -2.03. The molecule has 0 spiro atoms. The van der Waals surface area contributed by atoms with Gasteiger partial charge in [0.05, 0.1) is 6.20 Å². The third kappa shape index (κ3) is 2.56. The highest BCUT2D eigenvalue weighted by Gasteiger charge is 2.05. The van der Waals surface area contributed by atoms with Crippen molar-refractivity contribution in [1.82, 2.24) is 15.1 Å². The quantitative estimate of drug-likeness (QED) is 0.738. The van der Waals surface area contributed by atoms with Gasteiger partial charge in [-0.2, -0.15) is 5.10 Å². The molecule has 5 heteroatoms. The maximum atomic E-state index is 11.1. The molecule has 0 saturated heterocycles. The molecule has 1 heterocycles. The Kier molecular flexibility index (Phi) is 3.64. The van der Waals surface area contributed by atoms with Crippen molar-refractivity contribution < 1.29 is 9.53 Å². The van der Waals surface area contributed by atoms with Crippen molar-refractivity contribution in [3.05, 3.63) is 17.5 Å². The zero-order chi connectivity index (χ0) is 10.6. The van der Waals surface area contributed by atoms with Gasteiger partial charge in [-0.1, -0.05) is 0 Å². The van der Waals surface area contributed by atoms with Crippen LogP contribution in [0.4, 0.5) is 0 Å². The van der Waals surface area contributed by atoms with Crippen molar-refractivity contribution in [3.63, 3.8) is 0 Å². The van der Waals surface area contributed by atoms with Crippen LogP contribution < -0.4 is 5.32 Å². The predicted molar refractivity (Wildman–Crippen MR) is 51.7 cm³/mol. The number of rotatable bonds is 4. The van der Waals surface area contributed by atoms with E-state index in [1.165, 1.54) is 7.11 Å². The van der Waals surface area contributed by atoms with Crippen LogP contribution in [0.5, 0.6) is 0 Å². The molecule has 0 aromatic carbocycles. The van der Waals surface area contributed by atoms with Gasteiger partial charge in [-0.3, -0.25) is 9.48 Å². The first-order valence-corrected chi connectivity index (χ1v) is 4.38. The molecule has 1 rings (SSSR count). The Morgan fingerprint density at radius 2 is 2.43 bits per heavy atom. The number of nitrogens with zero attached hydrogens (tertiary/aromatic N) is 2. The van der Waals surface area contributed by atoms with Gasteiger partial charge < -0.3 is 10.1 Å². The van der Waals surface area contributed by atoms with E-state index in [2.05, 4.69) is 10.4 Å². The minimum atomic E-state index is -0.115. The number of aryl methyl sites for hydroxylation is 1. The molecule has 1 amide bonds. The summed E-state index contributed by atoms with van der Waals surface area (Å²) in [5.41, 5.74) is 2.08. The normalized spacial score (nSPS) is 10.2. The molecule has 1 aromatic rings. The monoisotopic (exact) mass is 197 g/mol. The summed E-state index contributed by atoms with van der Waals surface area (Å²) in [6.45, 7) is 2.56. The topological polar surface area (TPSA) is 56.1 Å². The fraction of sp³-hybridized carbons (Fsp3) is 0.556. The van der Waals surface area contributed by atoms with Crippen molar-refractivity contribution in [1.29, 1.82) is 0 Å². The van der Waals surface area contributed by atoms with Gasteiger partial charge in [0.1, 0.15) is 6.61 Å². The van der Waals surface area contributed by atoms with E-state index < -0.39 is 0 Å². The molecule has 0 radical (unpaired) electrons. The van der Waals surface area contributed by atoms with E-state index in [9.17, 15) is 4.79 Å². The minimum absolute atomic E-state index is 0.0965. The second kappa shape index (κ2) is 4.76. The van der Waals surface area contributed by atoms with Crippen LogP contribution in [0.1, 0.15) is 11.3 Å². The van der Waals surface area contributed by atoms with Gasteiger partial charge in [-0.15, -0.1) is 0 Å². The van der Waals surface area contributed by atoms with Crippen LogP contribution in [-0.2, 0) is 23.1 Å². The fourth-order valence-corrected chi connectivity index (χ4v) is 1.09. The Labute approximate surface area is 83.1 Å². The van der Waals surface area contributed by atoms with Crippen LogP contribution in [0.15, 0.2) is 6.20 Å². The molecule has 0 bridgehead atoms. The molecule has 0 fully saturated rings. The summed E-state index contributed by atoms with van der Waals surface area (Å²) in [4.78, 5) is 11.1. The Bertz CT molecular complexity index is 320. The molecule has 5 nitrogen and oxygen atoms in total. The molecule has 0 aliphatic rings. The van der Waals surface area contributed by atoms with Gasteiger partial charge >= 0.3 is 0 Å². The molecule has 78 valence electrons. The van der Waals surface area contributed by atoms with Crippen LogP contribution in [0, 0.1) is 6.92 Å². The van der Waals surface area contributed by atoms with Gasteiger partial charge in [0.15, 0.2) is 0 Å². The molecule has 0 unspecified atom stereocenters. The second-order valence-electron chi connectivity index (χ2n) is 3.09. The summed E-state index contributed by atoms with van der Waals surface area (Å²) in [5, 5.41) is 6.81. The smallest absolute Gasteiger partial charge is 0.246 e. The van der Waals surface area contributed by atoms with E-state index in [0.717, 1.165) is 11.3 Å². The molecule has 0 atom stereocenters. The second-order valence-corrected chi connectivity index (χ2v) is 3.09. The maximum Gasteiger partial charge on any atom is 0.246 e. The number of nitrogens with one attached hydrogen (secondary N) is 1. The van der Waals surface area contributed by atoms with E-state index in [1.54, 1.807) is 10.9 Å². The highest BCUT2D eigenvalue weighted by molar-refractivity contribution is 5.77. The molecule has 14 heavy (non-hydrogen) atoms. The number of carbonyl (C=O) groups excluding carboxylic acids is 1. The molecule has 0 aliphatic carbocycles. The lowest BCUT2D eigenvalue weighted by Crippen LogP contribution is -2.26. The Hall–Kier alpha value is -1.36. The number of aromatic nitrogens is 2. The SMILES string of the molecule is COCC(=O)NCc1cnn(C)c1C. The summed E-state index contributed by atoms with van der Waals surface area (Å²) in [6, 6.07) is 0. The number of methoxy groups -OCH3 is 1. The van der Waals surface area contributed by atoms with E-state index in [0.29, 0.717) is 6.54 Å². The summed E-state index contributed by atoms with van der Waals surface area (Å²) in [5.74, 6) is -0.115. The molecule has 1 aromatic heterocycles. The van der Waals surface area contributed by atoms with Crippen molar-refractivity contribution in [3.8, 4) is 0 Å². The lowest BCUT2D eigenvalue weighted by molar-refractivity contribution is -0.124. The van der Waals surface area contributed by atoms with E-state index >= 15 is 0 Å². The maximum absolute atomic E-state index is 11.1. The van der Waals surface area contributed by atoms with Gasteiger partial charge in [-0.25, -0.2) is 0 Å². The minimum Gasteiger partial charge on any atom is -0.375 e. The van der Waals surface area contributed by atoms with Crippen molar-refractivity contribution >= 4 is 5.91 Å². The third-order valence-corrected chi connectivity index (χ3v) is 2.09. The summed E-state index contributed by atoms with van der Waals surface area (Å²) < 4.78 is 6.47. The highest BCUT2D eigenvalue weighted by atomic mass is 16.5. The average molecular weight is 197 g/mol. The van der Waals surface area contributed by atoms with Crippen LogP contribution in [-0.4, -0.2) is 29.4 Å². The predicted octanol–water partition coefficient (Wildman–Crippen LogP) is -0.00888. The Morgan fingerprint density at radius 1 is 1.71 bits per heavy atom. The lowest BCUT2D eigenvalue weighted by atomic mass is 10.2. The van der Waals surface area contributed by atoms with E-state index in [-0.39, 0.29) is 12.5 Å². The van der Waals surface area contributed by atoms with Crippen molar-refractivity contribution in [2.45, 2.75) is 13.5 Å². The van der Waals surface area contributed by atoms with E-state index in [4.69, 9.17) is 4.74 Å². The largest absolute Gasteiger partial charge is 0.375 e. The Balaban J connectivity index is 2.46. The average Bonchev–Trinajstić information content (AvgIpc) is 2.46. The van der Waals surface area contributed by atoms with Crippen molar-refractivity contribution in [2.24, 2.45) is 7.05 Å². The number of ether oxygens (including phenoxy) is 1. The third-order valence-electron chi connectivity index (χ3n) is 2.09. The first kappa shape index (κ1) is 10.7. The first-order valence-electron chi connectivity index (χ1n) is 4.38. The van der Waals surface area contributed by atoms with Crippen molar-refractivity contribution in [2.75, 3.05) is 13.7 Å². The van der Waals surface area contributed by atoms with Crippen LogP contribution in [0.25, 0.3) is 0 Å². The summed E-state index contributed by atoms with van der Waals surface area (Å²) in [7, 11) is 3.37. The van der Waals surface area contributed by atoms with Gasteiger partial charge in [0.25, 0.3) is 0 Å². The number of hydrogen-bond donors (Lipinski definition) is 1. The van der Waals surface area contributed by atoms with Crippen LogP contribution in [0.2, 0.25) is 0 Å². The molecular weight excluding hydrogens is 182 g/mol. The van der Waals surface area contributed by atoms with E-state index in [1.807, 2.05) is 14.0 Å². The number of amides is 1. The molecule has 0 aliphatic heterocycles. The fourth-order valence-electron chi connectivity index (χ4n) is 1.09. The zero-order valence-corrected chi connectivity index (χ0v) is 8.70. The van der Waals surface area contributed by atoms with Crippen LogP contribution >= 0.6 is 0 Å². The van der Waals surface area contributed by atoms with Gasteiger partial charge in [-0.05, 0) is 6.92 Å². The van der Waals surface area contributed by atoms with Gasteiger partial charge in [0.2, 0.25) is 5.91 Å². The summed E-state index contributed by atoms with van der Waals surface area (Å²) >= 11 is 0. The summed E-state index contributed by atoms with van der Waals surface area (Å²) in [6.07, 6.45) is 1.75. The Morgan fingerprint density at radius 3 is 2.93 bits per heavy atom.